The number of anilines is 1. The SMILES string of the molecule is O=C(NCc1ccc(-c2ccc(F)cc2)o1)c1cc(N2CCOCC2)no1. The van der Waals surface area contributed by atoms with E-state index in [0.29, 0.717) is 43.6 Å². The fourth-order valence-corrected chi connectivity index (χ4v) is 2.81. The molecule has 1 amide bonds. The van der Waals surface area contributed by atoms with Crippen molar-refractivity contribution in [3.63, 3.8) is 0 Å². The minimum absolute atomic E-state index is 0.141. The third-order valence-corrected chi connectivity index (χ3v) is 4.27. The standard InChI is InChI=1S/C19H18FN3O4/c20-14-3-1-13(2-4-14)16-6-5-15(26-16)12-21-19(24)17-11-18(22-27-17)23-7-9-25-10-8-23/h1-6,11H,7-10,12H2,(H,21,24). The molecule has 1 aromatic carbocycles. The monoisotopic (exact) mass is 371 g/mol. The van der Waals surface area contributed by atoms with Crippen molar-refractivity contribution in [2.24, 2.45) is 0 Å². The van der Waals surface area contributed by atoms with E-state index in [1.165, 1.54) is 12.1 Å². The zero-order valence-electron chi connectivity index (χ0n) is 14.5. The summed E-state index contributed by atoms with van der Waals surface area (Å²) in [6.45, 7) is 2.89. The molecule has 3 aromatic rings. The summed E-state index contributed by atoms with van der Waals surface area (Å²) >= 11 is 0. The molecule has 0 unspecified atom stereocenters. The molecule has 0 atom stereocenters. The molecule has 1 fully saturated rings. The number of hydrogen-bond acceptors (Lipinski definition) is 6. The van der Waals surface area contributed by atoms with Crippen molar-refractivity contribution in [2.75, 3.05) is 31.2 Å². The Morgan fingerprint density at radius 2 is 1.93 bits per heavy atom. The normalized spacial score (nSPS) is 14.3. The first-order chi connectivity index (χ1) is 13.2. The number of furan rings is 1. The van der Waals surface area contributed by atoms with Gasteiger partial charge in [0.25, 0.3) is 5.91 Å². The molecular weight excluding hydrogens is 353 g/mol. The number of halogens is 1. The number of rotatable bonds is 5. The molecule has 1 saturated heterocycles. The number of nitrogens with one attached hydrogen (secondary N) is 1. The Balaban J connectivity index is 1.35. The molecule has 3 heterocycles. The number of hydrogen-bond donors (Lipinski definition) is 1. The molecule has 1 aliphatic rings. The molecular formula is C19H18FN3O4. The van der Waals surface area contributed by atoms with Crippen molar-refractivity contribution in [1.82, 2.24) is 10.5 Å². The van der Waals surface area contributed by atoms with Crippen LogP contribution in [-0.2, 0) is 11.3 Å². The molecule has 140 valence electrons. The van der Waals surface area contributed by atoms with Gasteiger partial charge in [-0.15, -0.1) is 0 Å². The Morgan fingerprint density at radius 3 is 2.70 bits per heavy atom. The Kier molecular flexibility index (Phi) is 4.88. The summed E-state index contributed by atoms with van der Waals surface area (Å²) < 4.78 is 29.1. The van der Waals surface area contributed by atoms with Gasteiger partial charge in [0, 0.05) is 24.7 Å². The average molecular weight is 371 g/mol. The van der Waals surface area contributed by atoms with Crippen LogP contribution in [0.3, 0.4) is 0 Å². The predicted molar refractivity (Wildman–Crippen MR) is 94.8 cm³/mol. The molecule has 1 N–H and O–H groups in total. The number of benzene rings is 1. The highest BCUT2D eigenvalue weighted by molar-refractivity contribution is 5.92. The van der Waals surface area contributed by atoms with Gasteiger partial charge in [-0.2, -0.15) is 0 Å². The van der Waals surface area contributed by atoms with Gasteiger partial charge in [0.1, 0.15) is 17.3 Å². The number of aromatic nitrogens is 1. The van der Waals surface area contributed by atoms with Crippen molar-refractivity contribution >= 4 is 11.7 Å². The van der Waals surface area contributed by atoms with Crippen molar-refractivity contribution in [1.29, 1.82) is 0 Å². The summed E-state index contributed by atoms with van der Waals surface area (Å²) in [5, 5.41) is 6.68. The summed E-state index contributed by atoms with van der Waals surface area (Å²) in [4.78, 5) is 14.3. The van der Waals surface area contributed by atoms with Crippen LogP contribution in [0.2, 0.25) is 0 Å². The van der Waals surface area contributed by atoms with Crippen LogP contribution in [0.15, 0.2) is 51.4 Å². The van der Waals surface area contributed by atoms with Gasteiger partial charge in [-0.3, -0.25) is 4.79 Å². The zero-order valence-corrected chi connectivity index (χ0v) is 14.5. The van der Waals surface area contributed by atoms with E-state index in [1.54, 1.807) is 30.3 Å². The van der Waals surface area contributed by atoms with Gasteiger partial charge < -0.3 is 23.9 Å². The lowest BCUT2D eigenvalue weighted by Crippen LogP contribution is -2.36. The molecule has 2 aromatic heterocycles. The third kappa shape index (κ3) is 4.01. The lowest BCUT2D eigenvalue weighted by atomic mass is 10.2. The first-order valence-corrected chi connectivity index (χ1v) is 8.61. The minimum Gasteiger partial charge on any atom is -0.459 e. The lowest BCUT2D eigenvalue weighted by molar-refractivity contribution is 0.0911. The van der Waals surface area contributed by atoms with E-state index >= 15 is 0 Å². The summed E-state index contributed by atoms with van der Waals surface area (Å²) in [6, 6.07) is 11.2. The zero-order chi connectivity index (χ0) is 18.6. The lowest BCUT2D eigenvalue weighted by Gasteiger charge is -2.25. The van der Waals surface area contributed by atoms with Crippen LogP contribution in [-0.4, -0.2) is 37.4 Å². The highest BCUT2D eigenvalue weighted by Crippen LogP contribution is 2.22. The van der Waals surface area contributed by atoms with E-state index in [9.17, 15) is 9.18 Å². The maximum absolute atomic E-state index is 13.0. The Hall–Kier alpha value is -3.13. The Bertz CT molecular complexity index is 913. The molecule has 0 radical (unpaired) electrons. The number of morpholine rings is 1. The second-order valence-corrected chi connectivity index (χ2v) is 6.10. The summed E-state index contributed by atoms with van der Waals surface area (Å²) in [6.07, 6.45) is 0. The maximum Gasteiger partial charge on any atom is 0.290 e. The van der Waals surface area contributed by atoms with Crippen LogP contribution >= 0.6 is 0 Å². The summed E-state index contributed by atoms with van der Waals surface area (Å²) in [5.74, 6) is 1.27. The second kappa shape index (κ2) is 7.63. The van der Waals surface area contributed by atoms with Gasteiger partial charge in [0.05, 0.1) is 19.8 Å². The first kappa shape index (κ1) is 17.3. The number of carbonyl (C=O) groups is 1. The first-order valence-electron chi connectivity index (χ1n) is 8.61. The fraction of sp³-hybridized carbons (Fsp3) is 0.263. The molecule has 4 rings (SSSR count). The van der Waals surface area contributed by atoms with Crippen LogP contribution in [0.5, 0.6) is 0 Å². The van der Waals surface area contributed by atoms with Crippen LogP contribution < -0.4 is 10.2 Å². The van der Waals surface area contributed by atoms with Gasteiger partial charge in [-0.1, -0.05) is 5.16 Å². The largest absolute Gasteiger partial charge is 0.459 e. The number of ether oxygens (including phenoxy) is 1. The van der Waals surface area contributed by atoms with E-state index in [4.69, 9.17) is 13.7 Å². The van der Waals surface area contributed by atoms with E-state index in [1.807, 2.05) is 4.90 Å². The number of nitrogens with zero attached hydrogens (tertiary/aromatic N) is 2. The number of carbonyl (C=O) groups excluding carboxylic acids is 1. The van der Waals surface area contributed by atoms with E-state index < -0.39 is 0 Å². The molecule has 0 spiro atoms. The highest BCUT2D eigenvalue weighted by Gasteiger charge is 2.19. The van der Waals surface area contributed by atoms with Crippen molar-refractivity contribution in [3.05, 3.63) is 59.8 Å². The van der Waals surface area contributed by atoms with E-state index in [-0.39, 0.29) is 24.0 Å². The molecule has 8 heteroatoms. The molecule has 1 aliphatic heterocycles. The molecule has 0 bridgehead atoms. The van der Waals surface area contributed by atoms with Gasteiger partial charge in [-0.25, -0.2) is 4.39 Å². The van der Waals surface area contributed by atoms with Gasteiger partial charge in [0.2, 0.25) is 5.76 Å². The topological polar surface area (TPSA) is 80.7 Å². The van der Waals surface area contributed by atoms with Gasteiger partial charge in [0.15, 0.2) is 5.82 Å². The maximum atomic E-state index is 13.0. The summed E-state index contributed by atoms with van der Waals surface area (Å²) in [7, 11) is 0. The smallest absolute Gasteiger partial charge is 0.290 e. The van der Waals surface area contributed by atoms with E-state index in [2.05, 4.69) is 10.5 Å². The van der Waals surface area contributed by atoms with Crippen molar-refractivity contribution in [3.8, 4) is 11.3 Å². The Morgan fingerprint density at radius 1 is 1.15 bits per heavy atom. The Labute approximate surface area is 154 Å². The van der Waals surface area contributed by atoms with Gasteiger partial charge in [-0.05, 0) is 36.4 Å². The molecule has 27 heavy (non-hydrogen) atoms. The highest BCUT2D eigenvalue weighted by atomic mass is 19.1. The van der Waals surface area contributed by atoms with Crippen LogP contribution in [0.25, 0.3) is 11.3 Å². The number of amides is 1. The van der Waals surface area contributed by atoms with Crippen LogP contribution in [0, 0.1) is 5.82 Å². The quantitative estimate of drug-likeness (QED) is 0.743. The van der Waals surface area contributed by atoms with Crippen molar-refractivity contribution in [2.45, 2.75) is 6.54 Å². The predicted octanol–water partition coefficient (Wildman–Crippen LogP) is 2.84. The second-order valence-electron chi connectivity index (χ2n) is 6.10. The van der Waals surface area contributed by atoms with Crippen molar-refractivity contribution < 1.29 is 22.9 Å². The fourth-order valence-electron chi connectivity index (χ4n) is 2.81. The van der Waals surface area contributed by atoms with Gasteiger partial charge >= 0.3 is 0 Å². The molecule has 7 nitrogen and oxygen atoms in total. The average Bonchev–Trinajstić information content (AvgIpc) is 3.37. The van der Waals surface area contributed by atoms with E-state index in [0.717, 1.165) is 5.56 Å². The molecule has 0 saturated carbocycles. The minimum atomic E-state index is -0.373. The summed E-state index contributed by atoms with van der Waals surface area (Å²) in [5.41, 5.74) is 0.763. The third-order valence-electron chi connectivity index (χ3n) is 4.27. The van der Waals surface area contributed by atoms with Crippen LogP contribution in [0.1, 0.15) is 16.3 Å². The molecule has 0 aliphatic carbocycles. The van der Waals surface area contributed by atoms with Crippen LogP contribution in [0.4, 0.5) is 10.2 Å².